The number of non-ortho nitro benzene ring substituents is 1. The van der Waals surface area contributed by atoms with E-state index in [-0.39, 0.29) is 29.1 Å². The number of para-hydroxylation sites is 1. The molecule has 3 fully saturated rings. The van der Waals surface area contributed by atoms with Crippen molar-refractivity contribution in [3.05, 3.63) is 58.1 Å². The second kappa shape index (κ2) is 6.61. The summed E-state index contributed by atoms with van der Waals surface area (Å²) in [4.78, 5) is 55.1. The highest BCUT2D eigenvalue weighted by atomic mass is 16.6. The third kappa shape index (κ3) is 2.28. The lowest BCUT2D eigenvalue weighted by Crippen LogP contribution is -2.54. The van der Waals surface area contributed by atoms with Crippen LogP contribution in [0, 0.1) is 22.0 Å². The molecule has 4 aliphatic heterocycles. The van der Waals surface area contributed by atoms with Gasteiger partial charge in [-0.1, -0.05) is 18.2 Å². The zero-order valence-corrected chi connectivity index (χ0v) is 17.7. The molecule has 4 atom stereocenters. The van der Waals surface area contributed by atoms with E-state index in [1.807, 2.05) is 23.1 Å². The number of methoxy groups -OCH3 is 1. The molecule has 4 heterocycles. The Morgan fingerprint density at radius 1 is 1.15 bits per heavy atom. The summed E-state index contributed by atoms with van der Waals surface area (Å²) in [7, 11) is 1.37. The van der Waals surface area contributed by atoms with E-state index in [1.54, 1.807) is 6.07 Å². The lowest BCUT2D eigenvalue weighted by molar-refractivity contribution is -0.384. The number of nitro groups is 1. The predicted molar refractivity (Wildman–Crippen MR) is 116 cm³/mol. The first-order chi connectivity index (χ1) is 15.9. The number of carbonyl (C=O) groups is 3. The lowest BCUT2D eigenvalue weighted by Gasteiger charge is -2.36. The summed E-state index contributed by atoms with van der Waals surface area (Å²) in [5, 5.41) is 14.3. The number of nitro benzene ring substituents is 1. The molecule has 168 valence electrons. The summed E-state index contributed by atoms with van der Waals surface area (Å²) in [6.45, 7) is 0.611. The molecule has 0 aromatic heterocycles. The third-order valence-electron chi connectivity index (χ3n) is 7.51. The van der Waals surface area contributed by atoms with E-state index < -0.39 is 34.1 Å². The normalized spacial score (nSPS) is 29.9. The summed E-state index contributed by atoms with van der Waals surface area (Å²) >= 11 is 0. The molecule has 3 saturated heterocycles. The maximum Gasteiger partial charge on any atom is 0.271 e. The first-order valence-electron chi connectivity index (χ1n) is 10.8. The van der Waals surface area contributed by atoms with Gasteiger partial charge < -0.3 is 10.1 Å². The van der Waals surface area contributed by atoms with E-state index in [2.05, 4.69) is 5.32 Å². The zero-order chi connectivity index (χ0) is 23.1. The molecule has 0 radical (unpaired) electrons. The van der Waals surface area contributed by atoms with E-state index in [0.29, 0.717) is 24.2 Å². The zero-order valence-electron chi connectivity index (χ0n) is 17.7. The Bertz CT molecular complexity index is 1260. The van der Waals surface area contributed by atoms with Crippen LogP contribution in [-0.4, -0.2) is 47.2 Å². The Morgan fingerprint density at radius 3 is 2.70 bits per heavy atom. The average molecular weight is 448 g/mol. The predicted octanol–water partition coefficient (Wildman–Crippen LogP) is 2.03. The number of rotatable bonds is 3. The number of hydrogen-bond acceptors (Lipinski definition) is 7. The van der Waals surface area contributed by atoms with Crippen LogP contribution in [0.25, 0.3) is 0 Å². The summed E-state index contributed by atoms with van der Waals surface area (Å²) in [6.07, 6.45) is 1.50. The van der Waals surface area contributed by atoms with Crippen LogP contribution < -0.4 is 15.0 Å². The van der Waals surface area contributed by atoms with Crippen molar-refractivity contribution in [1.29, 1.82) is 0 Å². The lowest BCUT2D eigenvalue weighted by atomic mass is 9.75. The molecular formula is C23H20N4O6. The number of anilines is 2. The number of hydrogen-bond donors (Lipinski definition) is 1. The average Bonchev–Trinajstić information content (AvgIpc) is 3.51. The molecule has 33 heavy (non-hydrogen) atoms. The fraction of sp³-hybridized carbons (Fsp3) is 0.348. The van der Waals surface area contributed by atoms with Gasteiger partial charge in [0.1, 0.15) is 17.0 Å². The largest absolute Gasteiger partial charge is 0.495 e. The third-order valence-corrected chi connectivity index (χ3v) is 7.51. The van der Waals surface area contributed by atoms with Crippen molar-refractivity contribution in [2.24, 2.45) is 11.8 Å². The number of nitrogens with zero attached hydrogens (tertiary/aromatic N) is 3. The van der Waals surface area contributed by atoms with Crippen molar-refractivity contribution in [1.82, 2.24) is 4.90 Å². The van der Waals surface area contributed by atoms with Gasteiger partial charge in [-0.15, -0.1) is 0 Å². The van der Waals surface area contributed by atoms with Gasteiger partial charge in [0.25, 0.3) is 5.69 Å². The van der Waals surface area contributed by atoms with Crippen molar-refractivity contribution in [2.45, 2.75) is 24.4 Å². The molecule has 3 amide bonds. The van der Waals surface area contributed by atoms with Gasteiger partial charge in [-0.05, 0) is 31.5 Å². The van der Waals surface area contributed by atoms with Crippen LogP contribution in [-0.2, 0) is 19.9 Å². The molecule has 2 aromatic carbocycles. The minimum atomic E-state index is -1.28. The summed E-state index contributed by atoms with van der Waals surface area (Å²) in [6, 6.07) is 10.8. The van der Waals surface area contributed by atoms with Crippen molar-refractivity contribution < 1.29 is 24.0 Å². The number of nitrogens with one attached hydrogen (secondary N) is 1. The summed E-state index contributed by atoms with van der Waals surface area (Å²) < 4.78 is 5.33. The highest BCUT2D eigenvalue weighted by molar-refractivity contribution is 6.26. The quantitative estimate of drug-likeness (QED) is 0.433. The van der Waals surface area contributed by atoms with Crippen LogP contribution in [0.3, 0.4) is 0 Å². The maximum atomic E-state index is 14.0. The number of ether oxygens (including phenoxy) is 1. The van der Waals surface area contributed by atoms with Gasteiger partial charge in [0.2, 0.25) is 17.7 Å². The van der Waals surface area contributed by atoms with Crippen molar-refractivity contribution in [3.8, 4) is 5.75 Å². The first-order valence-corrected chi connectivity index (χ1v) is 10.8. The van der Waals surface area contributed by atoms with Crippen molar-refractivity contribution in [3.63, 3.8) is 0 Å². The highest BCUT2D eigenvalue weighted by Gasteiger charge is 2.74. The Kier molecular flexibility index (Phi) is 3.98. The topological polar surface area (TPSA) is 122 Å². The molecule has 1 N–H and O–H groups in total. The smallest absolute Gasteiger partial charge is 0.271 e. The van der Waals surface area contributed by atoms with Gasteiger partial charge in [-0.3, -0.25) is 29.4 Å². The van der Waals surface area contributed by atoms with Crippen LogP contribution in [0.15, 0.2) is 42.5 Å². The Morgan fingerprint density at radius 2 is 1.94 bits per heavy atom. The molecule has 0 bridgehead atoms. The Labute approximate surface area is 188 Å². The van der Waals surface area contributed by atoms with E-state index >= 15 is 0 Å². The maximum absolute atomic E-state index is 14.0. The van der Waals surface area contributed by atoms with Crippen LogP contribution in [0.4, 0.5) is 17.1 Å². The van der Waals surface area contributed by atoms with E-state index in [4.69, 9.17) is 4.74 Å². The standard InChI is InChI=1S/C23H20N4O6/c1-33-17-9-8-12(27(31)32)11-16(17)26-20(28)18-15-7-4-10-25(15)23(19(18)21(26)29)13-5-2-3-6-14(13)24-22(23)30/h2-3,5-6,8-9,11,15,18-19H,4,7,10H2,1H3,(H,24,30)/t15-,18-,19-,23+/m0/s1. The van der Waals surface area contributed by atoms with Crippen molar-refractivity contribution >= 4 is 34.8 Å². The molecule has 2 aromatic rings. The summed E-state index contributed by atoms with van der Waals surface area (Å²) in [5.74, 6) is -2.77. The molecule has 0 unspecified atom stereocenters. The first kappa shape index (κ1) is 19.9. The monoisotopic (exact) mass is 448 g/mol. The molecule has 4 aliphatic rings. The van der Waals surface area contributed by atoms with Crippen molar-refractivity contribution in [2.75, 3.05) is 23.9 Å². The number of carbonyl (C=O) groups excluding carboxylic acids is 3. The number of imide groups is 1. The van der Waals surface area contributed by atoms with Gasteiger partial charge in [0, 0.05) is 29.4 Å². The number of fused-ring (bicyclic) bond motifs is 7. The van der Waals surface area contributed by atoms with Gasteiger partial charge in [-0.25, -0.2) is 4.90 Å². The summed E-state index contributed by atoms with van der Waals surface area (Å²) in [5.41, 5.74) is -0.173. The molecular weight excluding hydrogens is 428 g/mol. The van der Waals surface area contributed by atoms with E-state index in [9.17, 15) is 24.5 Å². The van der Waals surface area contributed by atoms with Crippen LogP contribution in [0.1, 0.15) is 18.4 Å². The SMILES string of the molecule is COc1ccc([N+](=O)[O-])cc1N1C(=O)[C@@H]2[C@@H](C1=O)[C@]1(C(=O)Nc3ccccc31)N1CCC[C@@H]21. The van der Waals surface area contributed by atoms with E-state index in [0.717, 1.165) is 11.3 Å². The second-order valence-electron chi connectivity index (χ2n) is 8.80. The van der Waals surface area contributed by atoms with Gasteiger partial charge in [0.05, 0.1) is 23.9 Å². The second-order valence-corrected chi connectivity index (χ2v) is 8.80. The molecule has 0 saturated carbocycles. The number of amides is 3. The molecule has 0 aliphatic carbocycles. The van der Waals surface area contributed by atoms with Gasteiger partial charge in [-0.2, -0.15) is 0 Å². The minimum absolute atomic E-state index is 0.0301. The molecule has 10 heteroatoms. The molecule has 10 nitrogen and oxygen atoms in total. The van der Waals surface area contributed by atoms with Crippen LogP contribution in [0.5, 0.6) is 5.75 Å². The van der Waals surface area contributed by atoms with Gasteiger partial charge in [0.15, 0.2) is 0 Å². The fourth-order valence-corrected chi connectivity index (χ4v) is 6.36. The fourth-order valence-electron chi connectivity index (χ4n) is 6.36. The Hall–Kier alpha value is -3.79. The van der Waals surface area contributed by atoms with Crippen LogP contribution in [0.2, 0.25) is 0 Å². The minimum Gasteiger partial charge on any atom is -0.495 e. The molecule has 6 rings (SSSR count). The Balaban J connectivity index is 1.55. The van der Waals surface area contributed by atoms with E-state index in [1.165, 1.54) is 25.3 Å². The van der Waals surface area contributed by atoms with Crippen LogP contribution >= 0.6 is 0 Å². The highest BCUT2D eigenvalue weighted by Crippen LogP contribution is 2.61. The molecule has 1 spiro atoms. The number of benzene rings is 2. The van der Waals surface area contributed by atoms with Gasteiger partial charge >= 0.3 is 0 Å².